The lowest BCUT2D eigenvalue weighted by Crippen LogP contribution is -2.49. The fourth-order valence-electron chi connectivity index (χ4n) is 1.87. The first-order valence-electron chi connectivity index (χ1n) is 8.37. The van der Waals surface area contributed by atoms with Gasteiger partial charge in [-0.1, -0.05) is 0 Å². The van der Waals surface area contributed by atoms with Crippen molar-refractivity contribution in [2.75, 3.05) is 26.5 Å². The van der Waals surface area contributed by atoms with Crippen molar-refractivity contribution in [2.45, 2.75) is 37.0 Å². The van der Waals surface area contributed by atoms with Crippen molar-refractivity contribution in [2.24, 2.45) is 0 Å². The summed E-state index contributed by atoms with van der Waals surface area (Å²) >= 11 is 0.734. The van der Waals surface area contributed by atoms with Crippen LogP contribution in [-0.4, -0.2) is 83.7 Å². The summed E-state index contributed by atoms with van der Waals surface area (Å²) in [6, 6.07) is -1.22. The van der Waals surface area contributed by atoms with Crippen LogP contribution in [0.25, 0.3) is 0 Å². The number of amides is 2. The highest BCUT2D eigenvalue weighted by Gasteiger charge is 2.27. The van der Waals surface area contributed by atoms with Crippen molar-refractivity contribution >= 4 is 47.5 Å². The van der Waals surface area contributed by atoms with Crippen LogP contribution in [0.1, 0.15) is 25.7 Å². The quantitative estimate of drug-likeness (QED) is 0.239. The molecular weight excluding hydrogens is 412 g/mol. The van der Waals surface area contributed by atoms with Gasteiger partial charge in [-0.05, 0) is 6.42 Å². The van der Waals surface area contributed by atoms with E-state index < -0.39 is 59.9 Å². The summed E-state index contributed by atoms with van der Waals surface area (Å²) < 4.78 is 8.82. The molecule has 0 radical (unpaired) electrons. The van der Waals surface area contributed by atoms with Gasteiger partial charge in [0, 0.05) is 18.6 Å². The molecule has 0 aliphatic rings. The van der Waals surface area contributed by atoms with E-state index in [2.05, 4.69) is 20.1 Å². The van der Waals surface area contributed by atoms with Gasteiger partial charge in [0.2, 0.25) is 11.8 Å². The second kappa shape index (κ2) is 14.2. The fourth-order valence-corrected chi connectivity index (χ4v) is 2.92. The summed E-state index contributed by atoms with van der Waals surface area (Å²) in [5.74, 6) is -5.47. The van der Waals surface area contributed by atoms with Gasteiger partial charge in [-0.25, -0.2) is 0 Å². The molecule has 0 aromatic carbocycles. The van der Waals surface area contributed by atoms with Crippen molar-refractivity contribution in [3.8, 4) is 0 Å². The number of aliphatic carboxylic acids is 2. The largest absolute Gasteiger partial charge is 0.481 e. The van der Waals surface area contributed by atoms with Crippen LogP contribution in [0, 0.1) is 0 Å². The Labute approximate surface area is 170 Å². The van der Waals surface area contributed by atoms with Gasteiger partial charge in [-0.15, -0.1) is 11.8 Å². The summed E-state index contributed by atoms with van der Waals surface area (Å²) in [5.41, 5.74) is 0. The molecule has 164 valence electrons. The minimum absolute atomic E-state index is 0.0465. The van der Waals surface area contributed by atoms with Crippen LogP contribution >= 0.6 is 11.8 Å². The Bertz CT molecular complexity index is 625. The number of carbonyl (C=O) groups excluding carboxylic acids is 4. The molecule has 2 atom stereocenters. The summed E-state index contributed by atoms with van der Waals surface area (Å²) in [6.45, 7) is -0.462. The van der Waals surface area contributed by atoms with Crippen molar-refractivity contribution < 1.29 is 48.5 Å². The predicted molar refractivity (Wildman–Crippen MR) is 99.0 cm³/mol. The molecule has 12 nitrogen and oxygen atoms in total. The predicted octanol–water partition coefficient (Wildman–Crippen LogP) is -1.24. The number of esters is 2. The van der Waals surface area contributed by atoms with Gasteiger partial charge in [0.15, 0.2) is 0 Å². The highest BCUT2D eigenvalue weighted by atomic mass is 32.2. The maximum Gasteiger partial charge on any atom is 0.325 e. The highest BCUT2D eigenvalue weighted by Crippen LogP contribution is 2.17. The topological polar surface area (TPSA) is 185 Å². The summed E-state index contributed by atoms with van der Waals surface area (Å²) in [6.07, 6.45) is -0.797. The monoisotopic (exact) mass is 436 g/mol. The molecule has 0 saturated carbocycles. The molecule has 4 N–H and O–H groups in total. The number of hydrogen-bond donors (Lipinski definition) is 4. The lowest BCUT2D eigenvalue weighted by Gasteiger charge is -2.20. The molecule has 13 heteroatoms. The van der Waals surface area contributed by atoms with E-state index in [9.17, 15) is 33.9 Å². The molecule has 0 aliphatic carbocycles. The average molecular weight is 436 g/mol. The fraction of sp³-hybridized carbons (Fsp3) is 0.625. The Balaban J connectivity index is 4.99. The molecule has 0 bridgehead atoms. The van der Waals surface area contributed by atoms with Crippen LogP contribution in [0.3, 0.4) is 0 Å². The first-order valence-corrected chi connectivity index (χ1v) is 9.42. The molecule has 0 saturated heterocycles. The second-order valence-electron chi connectivity index (χ2n) is 5.60. The summed E-state index contributed by atoms with van der Waals surface area (Å²) in [5, 5.41) is 21.2. The van der Waals surface area contributed by atoms with E-state index in [1.807, 2.05) is 0 Å². The highest BCUT2D eigenvalue weighted by molar-refractivity contribution is 8.00. The number of carboxylic acids is 2. The zero-order valence-electron chi connectivity index (χ0n) is 16.0. The Morgan fingerprint density at radius 1 is 0.966 bits per heavy atom. The van der Waals surface area contributed by atoms with E-state index >= 15 is 0 Å². The number of rotatable bonds is 14. The van der Waals surface area contributed by atoms with Gasteiger partial charge in [0.25, 0.3) is 0 Å². The van der Waals surface area contributed by atoms with Gasteiger partial charge in [0.1, 0.15) is 17.8 Å². The maximum absolute atomic E-state index is 12.3. The van der Waals surface area contributed by atoms with Crippen molar-refractivity contribution in [3.05, 3.63) is 0 Å². The number of methoxy groups -OCH3 is 2. The van der Waals surface area contributed by atoms with E-state index in [0.29, 0.717) is 0 Å². The molecule has 0 heterocycles. The number of carboxylic acid groups (broad SMARTS) is 2. The molecule has 0 rings (SSSR count). The number of nitrogens with one attached hydrogen (secondary N) is 2. The van der Waals surface area contributed by atoms with Gasteiger partial charge < -0.3 is 30.3 Å². The van der Waals surface area contributed by atoms with Crippen LogP contribution < -0.4 is 10.6 Å². The molecular formula is C16H24N2O10S. The molecule has 0 spiro atoms. The third-order valence-electron chi connectivity index (χ3n) is 3.40. The standard InChI is InChI=1S/C16H24N2O10S/c1-27-13(22)6-10(16(25)26)29-8-9(15(24)17-7-14(23)28-2)18-11(19)4-3-5-12(20)21/h9-10H,3-8H2,1-2H3,(H,17,24)(H,18,19)(H,20,21)(H,25,26). The van der Waals surface area contributed by atoms with E-state index in [0.717, 1.165) is 26.0 Å². The normalized spacial score (nSPS) is 12.2. The Hall–Kier alpha value is -2.83. The first-order chi connectivity index (χ1) is 13.6. The maximum atomic E-state index is 12.3. The molecule has 0 aliphatic heterocycles. The molecule has 0 fully saturated rings. The van der Waals surface area contributed by atoms with Crippen LogP contribution in [-0.2, 0) is 38.2 Å². The molecule has 0 aromatic rings. The third-order valence-corrected chi connectivity index (χ3v) is 4.70. The van der Waals surface area contributed by atoms with Gasteiger partial charge >= 0.3 is 23.9 Å². The van der Waals surface area contributed by atoms with E-state index in [-0.39, 0.29) is 25.0 Å². The van der Waals surface area contributed by atoms with Crippen LogP contribution in [0.15, 0.2) is 0 Å². The first kappa shape index (κ1) is 26.2. The Morgan fingerprint density at radius 3 is 2.10 bits per heavy atom. The lowest BCUT2D eigenvalue weighted by atomic mass is 10.2. The average Bonchev–Trinajstić information content (AvgIpc) is 2.66. The minimum atomic E-state index is -1.30. The van der Waals surface area contributed by atoms with E-state index in [4.69, 9.17) is 5.11 Å². The third kappa shape index (κ3) is 12.3. The molecule has 2 amide bonds. The number of carbonyl (C=O) groups is 6. The smallest absolute Gasteiger partial charge is 0.325 e. The van der Waals surface area contributed by atoms with Crippen LogP contribution in [0.4, 0.5) is 0 Å². The second-order valence-corrected chi connectivity index (χ2v) is 6.84. The summed E-state index contributed by atoms with van der Waals surface area (Å²) in [4.78, 5) is 68.5. The van der Waals surface area contributed by atoms with Crippen LogP contribution in [0.5, 0.6) is 0 Å². The molecule has 29 heavy (non-hydrogen) atoms. The SMILES string of the molecule is COC(=O)CNC(=O)C(CSC(CC(=O)OC)C(=O)O)NC(=O)CCCC(=O)O. The van der Waals surface area contributed by atoms with Gasteiger partial charge in [-0.3, -0.25) is 28.8 Å². The zero-order valence-corrected chi connectivity index (χ0v) is 16.8. The molecule has 2 unspecified atom stereocenters. The molecule has 0 aromatic heterocycles. The Kier molecular flexibility index (Phi) is 12.8. The zero-order chi connectivity index (χ0) is 22.4. The van der Waals surface area contributed by atoms with Crippen LogP contribution in [0.2, 0.25) is 0 Å². The Morgan fingerprint density at radius 2 is 1.59 bits per heavy atom. The van der Waals surface area contributed by atoms with Crippen molar-refractivity contribution in [1.29, 1.82) is 0 Å². The van der Waals surface area contributed by atoms with Gasteiger partial charge in [-0.2, -0.15) is 0 Å². The lowest BCUT2D eigenvalue weighted by molar-refractivity contribution is -0.145. The number of thioether (sulfide) groups is 1. The van der Waals surface area contributed by atoms with E-state index in [1.165, 1.54) is 0 Å². The number of hydrogen-bond acceptors (Lipinski definition) is 9. The summed E-state index contributed by atoms with van der Waals surface area (Å²) in [7, 11) is 2.22. The van der Waals surface area contributed by atoms with Gasteiger partial charge in [0.05, 0.1) is 20.6 Å². The minimum Gasteiger partial charge on any atom is -0.481 e. The van der Waals surface area contributed by atoms with Crippen molar-refractivity contribution in [1.82, 2.24) is 10.6 Å². The van der Waals surface area contributed by atoms with Crippen molar-refractivity contribution in [3.63, 3.8) is 0 Å². The number of ether oxygens (including phenoxy) is 2. The van der Waals surface area contributed by atoms with E-state index in [1.54, 1.807) is 0 Å².